The minimum atomic E-state index is -0.467. The first-order chi connectivity index (χ1) is 7.77. The van der Waals surface area contributed by atoms with Gasteiger partial charge in [0.15, 0.2) is 0 Å². The number of hydrogen-bond donors (Lipinski definition) is 0. The summed E-state index contributed by atoms with van der Waals surface area (Å²) in [5, 5.41) is 0.809. The second kappa shape index (κ2) is 4.80. The van der Waals surface area contributed by atoms with Crippen LogP contribution in [0.25, 0.3) is 24.8 Å². The molecule has 0 aliphatic carbocycles. The van der Waals surface area contributed by atoms with E-state index in [2.05, 4.69) is 26.3 Å². The molecule has 0 aromatic carbocycles. The van der Waals surface area contributed by atoms with Gasteiger partial charge in [-0.2, -0.15) is 0 Å². The fourth-order valence-corrected chi connectivity index (χ4v) is 2.47. The van der Waals surface area contributed by atoms with Crippen molar-refractivity contribution >= 4 is 36.1 Å². The molecule has 3 heteroatoms. The fourth-order valence-electron chi connectivity index (χ4n) is 1.24. The van der Waals surface area contributed by atoms with E-state index >= 15 is 0 Å². The second-order valence-corrected chi connectivity index (χ2v) is 4.93. The molecule has 90 valence electrons. The topological polar surface area (TPSA) is 0 Å². The molecule has 0 fully saturated rings. The van der Waals surface area contributed by atoms with Crippen molar-refractivity contribution in [2.24, 2.45) is 0 Å². The standard InChI is InChI=1S/C14H14F2S/c1-7(2)11(15)13-9(5)10(6)14(17-13)12(16)8(3)4/h1,3,5-6H2,2,4H3/b13-11-,14-12-. The minimum Gasteiger partial charge on any atom is -0.205 e. The van der Waals surface area contributed by atoms with Gasteiger partial charge in [0.05, 0.1) is 9.06 Å². The van der Waals surface area contributed by atoms with Crippen LogP contribution in [0.15, 0.2) is 24.3 Å². The van der Waals surface area contributed by atoms with Crippen LogP contribution in [0.4, 0.5) is 8.78 Å². The van der Waals surface area contributed by atoms with Crippen LogP contribution < -0.4 is 19.5 Å². The van der Waals surface area contributed by atoms with Crippen LogP contribution in [-0.4, -0.2) is 0 Å². The van der Waals surface area contributed by atoms with Gasteiger partial charge in [0.1, 0.15) is 11.7 Å². The van der Waals surface area contributed by atoms with Crippen molar-refractivity contribution in [2.45, 2.75) is 13.8 Å². The molecule has 0 amide bonds. The summed E-state index contributed by atoms with van der Waals surface area (Å²) in [6.45, 7) is 17.6. The first-order valence-corrected chi connectivity index (χ1v) is 5.77. The molecule has 1 rings (SSSR count). The number of hydrogen-bond acceptors (Lipinski definition) is 1. The zero-order valence-corrected chi connectivity index (χ0v) is 10.8. The highest BCUT2D eigenvalue weighted by molar-refractivity contribution is 7.07. The van der Waals surface area contributed by atoms with Crippen molar-refractivity contribution in [1.82, 2.24) is 0 Å². The van der Waals surface area contributed by atoms with E-state index in [0.29, 0.717) is 21.6 Å². The van der Waals surface area contributed by atoms with Gasteiger partial charge in [0, 0.05) is 0 Å². The third-order valence-electron chi connectivity index (χ3n) is 2.26. The Kier molecular flexibility index (Phi) is 3.83. The zero-order chi connectivity index (χ0) is 13.3. The van der Waals surface area contributed by atoms with E-state index in [4.69, 9.17) is 0 Å². The molecule has 17 heavy (non-hydrogen) atoms. The first kappa shape index (κ1) is 13.6. The van der Waals surface area contributed by atoms with Crippen molar-refractivity contribution in [3.8, 4) is 0 Å². The summed E-state index contributed by atoms with van der Waals surface area (Å²) in [5.74, 6) is -0.934. The summed E-state index contributed by atoms with van der Waals surface area (Å²) in [5.41, 5.74) is 0.580. The summed E-state index contributed by atoms with van der Waals surface area (Å²) in [6, 6.07) is 0. The van der Waals surface area contributed by atoms with Gasteiger partial charge in [-0.25, -0.2) is 8.78 Å². The lowest BCUT2D eigenvalue weighted by molar-refractivity contribution is 0.750. The van der Waals surface area contributed by atoms with Gasteiger partial charge in [-0.05, 0) is 35.4 Å². The molecular weight excluding hydrogens is 238 g/mol. The van der Waals surface area contributed by atoms with E-state index < -0.39 is 11.7 Å². The Labute approximate surface area is 103 Å². The van der Waals surface area contributed by atoms with E-state index in [9.17, 15) is 8.78 Å². The van der Waals surface area contributed by atoms with E-state index in [0.717, 1.165) is 11.3 Å². The Bertz CT molecular complexity index is 644. The highest BCUT2D eigenvalue weighted by Gasteiger charge is 2.06. The lowest BCUT2D eigenvalue weighted by Gasteiger charge is -1.90. The maximum atomic E-state index is 13.8. The van der Waals surface area contributed by atoms with Gasteiger partial charge in [-0.15, -0.1) is 11.3 Å². The molecule has 0 aliphatic rings. The highest BCUT2D eigenvalue weighted by Crippen LogP contribution is 2.08. The van der Waals surface area contributed by atoms with Crippen molar-refractivity contribution in [3.63, 3.8) is 0 Å². The molecule has 0 nitrogen and oxygen atoms in total. The Morgan fingerprint density at radius 3 is 1.41 bits per heavy atom. The van der Waals surface area contributed by atoms with Gasteiger partial charge in [0.2, 0.25) is 0 Å². The number of halogens is 2. The molecule has 0 N–H and O–H groups in total. The Morgan fingerprint density at radius 2 is 1.18 bits per heavy atom. The number of allylic oxidation sites excluding steroid dienone is 2. The normalized spacial score (nSPS) is 14.4. The van der Waals surface area contributed by atoms with Crippen LogP contribution in [0, 0.1) is 0 Å². The van der Waals surface area contributed by atoms with E-state index in [-0.39, 0.29) is 9.06 Å². The van der Waals surface area contributed by atoms with E-state index in [1.807, 2.05) is 0 Å². The molecule has 0 aliphatic heterocycles. The molecule has 0 radical (unpaired) electrons. The molecule has 0 bridgehead atoms. The molecule has 0 saturated carbocycles. The summed E-state index contributed by atoms with van der Waals surface area (Å²) in [4.78, 5) is 0. The van der Waals surface area contributed by atoms with Crippen LogP contribution in [0.3, 0.4) is 0 Å². The van der Waals surface area contributed by atoms with Crippen LogP contribution >= 0.6 is 11.3 Å². The van der Waals surface area contributed by atoms with Crippen LogP contribution in [0.5, 0.6) is 0 Å². The smallest absolute Gasteiger partial charge is 0.143 e. The maximum absolute atomic E-state index is 13.8. The van der Waals surface area contributed by atoms with Crippen molar-refractivity contribution < 1.29 is 8.78 Å². The van der Waals surface area contributed by atoms with Crippen LogP contribution in [0.1, 0.15) is 13.8 Å². The summed E-state index contributed by atoms with van der Waals surface area (Å²) < 4.78 is 28.1. The van der Waals surface area contributed by atoms with Gasteiger partial charge >= 0.3 is 0 Å². The average molecular weight is 252 g/mol. The third kappa shape index (κ3) is 2.44. The largest absolute Gasteiger partial charge is 0.205 e. The SMILES string of the molecule is C=C(C)/C(F)=c1/s/c(=C(\F)C(=C)C)c(=C)c1=C. The molecule has 0 atom stereocenters. The number of thiophene rings is 1. The maximum Gasteiger partial charge on any atom is 0.143 e. The van der Waals surface area contributed by atoms with Crippen molar-refractivity contribution in [2.75, 3.05) is 0 Å². The second-order valence-electron chi connectivity index (χ2n) is 3.91. The third-order valence-corrected chi connectivity index (χ3v) is 3.52. The fraction of sp³-hybridized carbons (Fsp3) is 0.143. The first-order valence-electron chi connectivity index (χ1n) is 4.95. The molecule has 1 aromatic rings. The predicted octanol–water partition coefficient (Wildman–Crippen LogP) is 1.88. The molecule has 1 heterocycles. The monoisotopic (exact) mass is 252 g/mol. The van der Waals surface area contributed by atoms with Gasteiger partial charge < -0.3 is 0 Å². The van der Waals surface area contributed by atoms with E-state index in [1.54, 1.807) is 13.8 Å². The molecule has 0 spiro atoms. The van der Waals surface area contributed by atoms with Gasteiger partial charge in [-0.1, -0.05) is 26.3 Å². The highest BCUT2D eigenvalue weighted by atomic mass is 32.1. The zero-order valence-electron chi connectivity index (χ0n) is 9.99. The minimum absolute atomic E-state index is 0.286. The van der Waals surface area contributed by atoms with E-state index in [1.165, 1.54) is 0 Å². The lowest BCUT2D eigenvalue weighted by Crippen LogP contribution is -2.36. The van der Waals surface area contributed by atoms with Crippen LogP contribution in [0.2, 0.25) is 0 Å². The molecule has 0 unspecified atom stereocenters. The van der Waals surface area contributed by atoms with Crippen molar-refractivity contribution in [3.05, 3.63) is 43.8 Å². The molecule has 1 aromatic heterocycles. The Hall–Kier alpha value is -1.48. The van der Waals surface area contributed by atoms with Gasteiger partial charge in [-0.3, -0.25) is 0 Å². The van der Waals surface area contributed by atoms with Crippen molar-refractivity contribution in [1.29, 1.82) is 0 Å². The van der Waals surface area contributed by atoms with Gasteiger partial charge in [0.25, 0.3) is 0 Å². The summed E-state index contributed by atoms with van der Waals surface area (Å²) in [6.07, 6.45) is 0. The lowest BCUT2D eigenvalue weighted by atomic mass is 10.2. The molecule has 0 saturated heterocycles. The molecular formula is C14H14F2S. The average Bonchev–Trinajstić information content (AvgIpc) is 2.54. The number of rotatable bonds is 2. The van der Waals surface area contributed by atoms with Crippen LogP contribution in [-0.2, 0) is 0 Å². The summed E-state index contributed by atoms with van der Waals surface area (Å²) >= 11 is 0.988. The summed E-state index contributed by atoms with van der Waals surface area (Å²) in [7, 11) is 0. The Balaban J connectivity index is 3.97. The quantitative estimate of drug-likeness (QED) is 0.754. The Morgan fingerprint density at radius 1 is 0.882 bits per heavy atom. The predicted molar refractivity (Wildman–Crippen MR) is 72.5 cm³/mol.